The predicted octanol–water partition coefficient (Wildman–Crippen LogP) is 2.19. The Morgan fingerprint density at radius 3 is 3.24 bits per heavy atom. The molecule has 17 heavy (non-hydrogen) atoms. The van der Waals surface area contributed by atoms with Crippen molar-refractivity contribution in [2.75, 3.05) is 13.2 Å². The fourth-order valence-corrected chi connectivity index (χ4v) is 2.04. The van der Waals surface area contributed by atoms with Crippen LogP contribution in [0.2, 0.25) is 5.02 Å². The van der Waals surface area contributed by atoms with Crippen LogP contribution in [0.25, 0.3) is 0 Å². The van der Waals surface area contributed by atoms with Crippen LogP contribution in [0.3, 0.4) is 0 Å². The highest BCUT2D eigenvalue weighted by molar-refractivity contribution is 6.30. The zero-order valence-corrected chi connectivity index (χ0v) is 10.2. The van der Waals surface area contributed by atoms with Crippen LogP contribution in [-0.4, -0.2) is 19.1 Å². The number of carbonyl (C=O) groups excluding carboxylic acids is 1. The second kappa shape index (κ2) is 5.23. The molecule has 1 aliphatic rings. The van der Waals surface area contributed by atoms with Crippen molar-refractivity contribution in [1.82, 2.24) is 5.32 Å². The minimum Gasteiger partial charge on any atom is -0.492 e. The van der Waals surface area contributed by atoms with E-state index in [2.05, 4.69) is 11.9 Å². The summed E-state index contributed by atoms with van der Waals surface area (Å²) in [6, 6.07) is 5.48. The molecule has 0 bridgehead atoms. The number of carbonyl (C=O) groups is 1. The van der Waals surface area contributed by atoms with E-state index in [-0.39, 0.29) is 11.8 Å². The maximum atomic E-state index is 11.8. The van der Waals surface area contributed by atoms with Gasteiger partial charge in [0.1, 0.15) is 12.4 Å². The molecule has 1 aromatic rings. The van der Waals surface area contributed by atoms with Gasteiger partial charge in [-0.3, -0.25) is 4.79 Å². The van der Waals surface area contributed by atoms with Crippen LogP contribution >= 0.6 is 11.6 Å². The summed E-state index contributed by atoms with van der Waals surface area (Å²) in [7, 11) is 0. The van der Waals surface area contributed by atoms with Gasteiger partial charge in [0, 0.05) is 11.6 Å². The number of hydrogen-bond acceptors (Lipinski definition) is 2. The van der Waals surface area contributed by atoms with Crippen LogP contribution in [0.1, 0.15) is 5.56 Å². The summed E-state index contributed by atoms with van der Waals surface area (Å²) in [6.45, 7) is 4.46. The molecule has 0 fully saturated rings. The molecule has 4 heteroatoms. The molecule has 2 rings (SSSR count). The van der Waals surface area contributed by atoms with E-state index in [1.807, 2.05) is 12.1 Å². The van der Waals surface area contributed by atoms with Crippen LogP contribution < -0.4 is 10.1 Å². The number of amides is 1. The molecule has 0 saturated heterocycles. The van der Waals surface area contributed by atoms with Gasteiger partial charge in [-0.2, -0.15) is 0 Å². The SMILES string of the molecule is C=CCNC(=O)[C@H]1COc2ccc(Cl)cc2C1. The molecule has 1 N–H and O–H groups in total. The number of ether oxygens (including phenoxy) is 1. The summed E-state index contributed by atoms with van der Waals surface area (Å²) >= 11 is 5.92. The minimum absolute atomic E-state index is 0.00414. The van der Waals surface area contributed by atoms with E-state index >= 15 is 0 Å². The van der Waals surface area contributed by atoms with E-state index in [4.69, 9.17) is 16.3 Å². The lowest BCUT2D eigenvalue weighted by molar-refractivity contribution is -0.126. The first-order chi connectivity index (χ1) is 8.20. The van der Waals surface area contributed by atoms with E-state index in [9.17, 15) is 4.79 Å². The third-order valence-electron chi connectivity index (χ3n) is 2.72. The first-order valence-electron chi connectivity index (χ1n) is 5.50. The molecule has 90 valence electrons. The lowest BCUT2D eigenvalue weighted by Crippen LogP contribution is -2.37. The van der Waals surface area contributed by atoms with Gasteiger partial charge in [0.25, 0.3) is 0 Å². The Morgan fingerprint density at radius 1 is 1.65 bits per heavy atom. The molecule has 1 amide bonds. The number of nitrogens with one attached hydrogen (secondary N) is 1. The van der Waals surface area contributed by atoms with Crippen molar-refractivity contribution in [3.63, 3.8) is 0 Å². The first kappa shape index (κ1) is 12.0. The molecule has 3 nitrogen and oxygen atoms in total. The van der Waals surface area contributed by atoms with Crippen LogP contribution in [0.15, 0.2) is 30.9 Å². The predicted molar refractivity (Wildman–Crippen MR) is 67.3 cm³/mol. The van der Waals surface area contributed by atoms with Gasteiger partial charge in [-0.05, 0) is 30.2 Å². The number of hydrogen-bond donors (Lipinski definition) is 1. The second-order valence-corrected chi connectivity index (χ2v) is 4.43. The monoisotopic (exact) mass is 251 g/mol. The largest absolute Gasteiger partial charge is 0.492 e. The molecule has 1 aromatic carbocycles. The highest BCUT2D eigenvalue weighted by Gasteiger charge is 2.25. The van der Waals surface area contributed by atoms with Crippen LogP contribution in [0.5, 0.6) is 5.75 Å². The fourth-order valence-electron chi connectivity index (χ4n) is 1.85. The average molecular weight is 252 g/mol. The molecule has 0 aliphatic carbocycles. The first-order valence-corrected chi connectivity index (χ1v) is 5.88. The molecular formula is C13H14ClNO2. The van der Waals surface area contributed by atoms with Crippen LogP contribution in [0, 0.1) is 5.92 Å². The summed E-state index contributed by atoms with van der Waals surface area (Å²) in [5.41, 5.74) is 0.988. The maximum absolute atomic E-state index is 11.8. The maximum Gasteiger partial charge on any atom is 0.227 e. The van der Waals surface area contributed by atoms with Gasteiger partial charge in [0.2, 0.25) is 5.91 Å². The van der Waals surface area contributed by atoms with E-state index < -0.39 is 0 Å². The Morgan fingerprint density at radius 2 is 2.47 bits per heavy atom. The summed E-state index contributed by atoms with van der Waals surface area (Å²) < 4.78 is 5.55. The molecule has 0 aromatic heterocycles. The van der Waals surface area contributed by atoms with Crippen molar-refractivity contribution >= 4 is 17.5 Å². The zero-order valence-electron chi connectivity index (χ0n) is 9.41. The van der Waals surface area contributed by atoms with E-state index in [0.717, 1.165) is 11.3 Å². The molecule has 0 spiro atoms. The Hall–Kier alpha value is -1.48. The van der Waals surface area contributed by atoms with Crippen molar-refractivity contribution < 1.29 is 9.53 Å². The lowest BCUT2D eigenvalue weighted by atomic mass is 9.96. The molecule has 0 radical (unpaired) electrons. The summed E-state index contributed by atoms with van der Waals surface area (Å²) in [5.74, 6) is 0.665. The van der Waals surface area contributed by atoms with Crippen molar-refractivity contribution in [3.8, 4) is 5.75 Å². The highest BCUT2D eigenvalue weighted by Crippen LogP contribution is 2.29. The lowest BCUT2D eigenvalue weighted by Gasteiger charge is -2.24. The highest BCUT2D eigenvalue weighted by atomic mass is 35.5. The molecule has 1 aliphatic heterocycles. The topological polar surface area (TPSA) is 38.3 Å². The van der Waals surface area contributed by atoms with E-state index in [1.54, 1.807) is 12.1 Å². The second-order valence-electron chi connectivity index (χ2n) is 4.00. The Labute approximate surface area is 105 Å². The van der Waals surface area contributed by atoms with Gasteiger partial charge in [-0.15, -0.1) is 6.58 Å². The van der Waals surface area contributed by atoms with Gasteiger partial charge in [-0.1, -0.05) is 17.7 Å². The Bertz CT molecular complexity index is 445. The van der Waals surface area contributed by atoms with Crippen LogP contribution in [-0.2, 0) is 11.2 Å². The van der Waals surface area contributed by atoms with Crippen molar-refractivity contribution in [2.24, 2.45) is 5.92 Å². The average Bonchev–Trinajstić information content (AvgIpc) is 2.35. The summed E-state index contributed by atoms with van der Waals surface area (Å²) in [5, 5.41) is 3.44. The number of fused-ring (bicyclic) bond motifs is 1. The standard InChI is InChI=1S/C13H14ClNO2/c1-2-5-15-13(16)10-6-9-7-11(14)3-4-12(9)17-8-10/h2-4,7,10H,1,5-6,8H2,(H,15,16)/t10-/m1/s1. The summed E-state index contributed by atoms with van der Waals surface area (Å²) in [4.78, 5) is 11.8. The van der Waals surface area contributed by atoms with Gasteiger partial charge >= 0.3 is 0 Å². The fraction of sp³-hybridized carbons (Fsp3) is 0.308. The quantitative estimate of drug-likeness (QED) is 0.837. The van der Waals surface area contributed by atoms with Gasteiger partial charge < -0.3 is 10.1 Å². The van der Waals surface area contributed by atoms with Gasteiger partial charge in [-0.25, -0.2) is 0 Å². The van der Waals surface area contributed by atoms with E-state index in [0.29, 0.717) is 24.6 Å². The smallest absolute Gasteiger partial charge is 0.227 e. The van der Waals surface area contributed by atoms with Crippen molar-refractivity contribution in [3.05, 3.63) is 41.4 Å². The third-order valence-corrected chi connectivity index (χ3v) is 2.96. The normalized spacial score (nSPS) is 17.8. The number of rotatable bonds is 3. The summed E-state index contributed by atoms with van der Waals surface area (Å²) in [6.07, 6.45) is 2.32. The minimum atomic E-state index is -0.152. The molecular weight excluding hydrogens is 238 g/mol. The Balaban J connectivity index is 2.07. The van der Waals surface area contributed by atoms with E-state index in [1.165, 1.54) is 0 Å². The Kier molecular flexibility index (Phi) is 3.69. The number of halogens is 1. The van der Waals surface area contributed by atoms with Crippen molar-refractivity contribution in [2.45, 2.75) is 6.42 Å². The number of benzene rings is 1. The van der Waals surface area contributed by atoms with Gasteiger partial charge in [0.05, 0.1) is 5.92 Å². The molecule has 1 heterocycles. The zero-order chi connectivity index (χ0) is 12.3. The van der Waals surface area contributed by atoms with Crippen LogP contribution in [0.4, 0.5) is 0 Å². The molecule has 0 unspecified atom stereocenters. The molecule has 0 saturated carbocycles. The molecule has 1 atom stereocenters. The third kappa shape index (κ3) is 2.80. The van der Waals surface area contributed by atoms with Crippen molar-refractivity contribution in [1.29, 1.82) is 0 Å². The van der Waals surface area contributed by atoms with Gasteiger partial charge in [0.15, 0.2) is 0 Å².